The zero-order valence-corrected chi connectivity index (χ0v) is 14.1. The monoisotopic (exact) mass is 494 g/mol. The quantitative estimate of drug-likeness (QED) is 0.418. The molecular weight excluding hydrogens is 479 g/mol. The number of halogens is 5. The van der Waals surface area contributed by atoms with Crippen LogP contribution in [0.1, 0.15) is 0 Å². The fourth-order valence-electron chi connectivity index (χ4n) is 1.70. The van der Waals surface area contributed by atoms with Crippen LogP contribution in [-0.2, 0) is 6.13 Å². The number of likely N-dealkylation sites (N-methyl/N-ethyl adjacent to an activating group) is 1. The van der Waals surface area contributed by atoms with Gasteiger partial charge in [0.15, 0.2) is 6.10 Å². The molecule has 4 nitrogen and oxygen atoms in total. The fraction of sp³-hybridized carbons (Fsp3) is 1.00. The van der Waals surface area contributed by atoms with Gasteiger partial charge in [0.1, 0.15) is 46.0 Å². The molecule has 2 atom stereocenters. The minimum Gasteiger partial charge on any atom is -0.313 e. The van der Waals surface area contributed by atoms with Crippen molar-refractivity contribution < 1.29 is 19.3 Å². The van der Waals surface area contributed by atoms with E-state index in [4.69, 9.17) is 0 Å². The highest BCUT2D eigenvalue weighted by atomic mass is 127. The number of piperazine rings is 1. The maximum absolute atomic E-state index is 14.0. The Morgan fingerprint density at radius 2 is 1.78 bits per heavy atom. The molecule has 108 valence electrons. The number of nitrogens with zero attached hydrogens (tertiary/aromatic N) is 2. The summed E-state index contributed by atoms with van der Waals surface area (Å²) in [6, 6.07) is 0. The largest absolute Gasteiger partial charge is 0.320 e. The summed E-state index contributed by atoms with van der Waals surface area (Å²) in [6.07, 6.45) is -3.94. The summed E-state index contributed by atoms with van der Waals surface area (Å²) in [5.74, 6) is -3.59. The molecule has 1 rings (SSSR count). The van der Waals surface area contributed by atoms with Crippen molar-refractivity contribution in [3.63, 3.8) is 0 Å². The lowest BCUT2D eigenvalue weighted by molar-refractivity contribution is -0.189. The van der Waals surface area contributed by atoms with E-state index in [1.807, 2.05) is 11.9 Å². The van der Waals surface area contributed by atoms with Gasteiger partial charge in [-0.15, -0.1) is 0 Å². The Morgan fingerprint density at radius 1 is 1.22 bits per heavy atom. The Bertz CT molecular complexity index is 256. The lowest BCUT2D eigenvalue weighted by Gasteiger charge is -2.38. The third kappa shape index (κ3) is 4.30. The molecule has 0 aliphatic carbocycles. The van der Waals surface area contributed by atoms with Gasteiger partial charge in [-0.1, -0.05) is 0 Å². The van der Waals surface area contributed by atoms with Crippen LogP contribution in [0.15, 0.2) is 0 Å². The van der Waals surface area contributed by atoms with Crippen LogP contribution in [0.4, 0.5) is 13.2 Å². The summed E-state index contributed by atoms with van der Waals surface area (Å²) >= 11 is 2.84. The number of hydrogen-bond acceptors (Lipinski definition) is 4. The highest BCUT2D eigenvalue weighted by Crippen LogP contribution is 2.32. The second kappa shape index (κ2) is 7.76. The minimum atomic E-state index is -3.59. The zero-order valence-electron chi connectivity index (χ0n) is 9.79. The van der Waals surface area contributed by atoms with Crippen LogP contribution in [0, 0.1) is 0 Å². The molecule has 1 heterocycles. The van der Waals surface area contributed by atoms with Gasteiger partial charge >= 0.3 is 5.92 Å². The van der Waals surface area contributed by atoms with E-state index in [2.05, 4.69) is 6.13 Å². The normalized spacial score (nSPS) is 23.0. The average Bonchev–Trinajstić information content (AvgIpc) is 2.35. The van der Waals surface area contributed by atoms with Gasteiger partial charge in [0.05, 0.1) is 6.61 Å². The summed E-state index contributed by atoms with van der Waals surface area (Å²) in [5, 5.41) is 0. The molecule has 0 radical (unpaired) electrons. The van der Waals surface area contributed by atoms with Crippen LogP contribution in [0.2, 0.25) is 0 Å². The Labute approximate surface area is 133 Å². The molecule has 0 aromatic carbocycles. The molecule has 9 heteroatoms. The summed E-state index contributed by atoms with van der Waals surface area (Å²) < 4.78 is 51.0. The van der Waals surface area contributed by atoms with Crippen molar-refractivity contribution in [2.75, 3.05) is 39.8 Å². The molecule has 18 heavy (non-hydrogen) atoms. The molecule has 1 fully saturated rings. The Hall–Kier alpha value is 1.09. The Balaban J connectivity index is 2.64. The summed E-state index contributed by atoms with van der Waals surface area (Å²) in [7, 11) is 1.88. The van der Waals surface area contributed by atoms with E-state index in [1.54, 1.807) is 0 Å². The highest BCUT2D eigenvalue weighted by molar-refractivity contribution is 14.1. The van der Waals surface area contributed by atoms with Crippen LogP contribution < -0.4 is 0 Å². The second-order valence-corrected chi connectivity index (χ2v) is 5.33. The SMILES string of the molecule is CN1CCN(C(F)C(F)(F)C(COI)OI)CC1. The smallest absolute Gasteiger partial charge is 0.313 e. The molecule has 0 saturated carbocycles. The first kappa shape index (κ1) is 17.1. The van der Waals surface area contributed by atoms with Gasteiger partial charge in [-0.25, -0.2) is 4.39 Å². The maximum atomic E-state index is 14.0. The van der Waals surface area contributed by atoms with Crippen molar-refractivity contribution in [1.82, 2.24) is 9.80 Å². The van der Waals surface area contributed by atoms with E-state index >= 15 is 0 Å². The molecule has 0 spiro atoms. The minimum absolute atomic E-state index is 0.284. The van der Waals surface area contributed by atoms with E-state index in [-0.39, 0.29) is 19.7 Å². The van der Waals surface area contributed by atoms with Gasteiger partial charge in [0.25, 0.3) is 0 Å². The van der Waals surface area contributed by atoms with E-state index in [1.165, 1.54) is 46.0 Å². The molecule has 1 aliphatic heterocycles. The average molecular weight is 494 g/mol. The Kier molecular flexibility index (Phi) is 7.39. The summed E-state index contributed by atoms with van der Waals surface area (Å²) in [4.78, 5) is 3.12. The third-order valence-corrected chi connectivity index (χ3v) is 3.90. The van der Waals surface area contributed by atoms with Gasteiger partial charge in [-0.05, 0) is 7.05 Å². The molecule has 0 amide bonds. The van der Waals surface area contributed by atoms with Crippen molar-refractivity contribution in [3.8, 4) is 0 Å². The second-order valence-electron chi connectivity index (χ2n) is 4.20. The topological polar surface area (TPSA) is 24.9 Å². The van der Waals surface area contributed by atoms with E-state index < -0.39 is 18.3 Å². The van der Waals surface area contributed by atoms with Crippen LogP contribution in [0.3, 0.4) is 0 Å². The zero-order chi connectivity index (χ0) is 13.8. The van der Waals surface area contributed by atoms with Gasteiger partial charge in [-0.3, -0.25) is 4.90 Å². The summed E-state index contributed by atoms with van der Waals surface area (Å²) in [6.45, 7) is 1.37. The molecule has 0 aromatic heterocycles. The molecular formula is C9H15F3I2N2O2. The lowest BCUT2D eigenvalue weighted by atomic mass is 10.1. The molecule has 1 saturated heterocycles. The predicted octanol–water partition coefficient (Wildman–Crippen LogP) is 2.27. The van der Waals surface area contributed by atoms with Crippen molar-refractivity contribution >= 4 is 46.0 Å². The number of alkyl halides is 3. The van der Waals surface area contributed by atoms with Crippen molar-refractivity contribution in [1.29, 1.82) is 0 Å². The standard InChI is InChI=1S/C9H15F3I2N2O2/c1-15-2-4-16(5-3-15)8(10)9(11,12)7(18-14)6-17-13/h7-8H,2-6H2,1H3. The van der Waals surface area contributed by atoms with Crippen LogP contribution in [0.25, 0.3) is 0 Å². The number of rotatable bonds is 6. The van der Waals surface area contributed by atoms with Gasteiger partial charge < -0.3 is 11.0 Å². The molecule has 2 unspecified atom stereocenters. The molecule has 0 bridgehead atoms. The first-order chi connectivity index (χ1) is 8.43. The molecule has 1 aliphatic rings. The van der Waals surface area contributed by atoms with Crippen molar-refractivity contribution in [2.45, 2.75) is 18.3 Å². The summed E-state index contributed by atoms with van der Waals surface area (Å²) in [5.41, 5.74) is 0. The maximum Gasteiger partial charge on any atom is 0.320 e. The lowest BCUT2D eigenvalue weighted by Crippen LogP contribution is -2.57. The van der Waals surface area contributed by atoms with Gasteiger partial charge in [-0.2, -0.15) is 8.78 Å². The fourth-order valence-corrected chi connectivity index (χ4v) is 2.51. The van der Waals surface area contributed by atoms with Crippen molar-refractivity contribution in [2.24, 2.45) is 0 Å². The van der Waals surface area contributed by atoms with E-state index in [0.29, 0.717) is 13.1 Å². The number of hydrogen-bond donors (Lipinski definition) is 0. The molecule has 0 aromatic rings. The first-order valence-corrected chi connectivity index (χ1v) is 7.15. The van der Waals surface area contributed by atoms with Crippen LogP contribution in [-0.4, -0.2) is 68.0 Å². The first-order valence-electron chi connectivity index (χ1n) is 5.39. The predicted molar refractivity (Wildman–Crippen MR) is 77.8 cm³/mol. The van der Waals surface area contributed by atoms with Gasteiger partial charge in [0.2, 0.25) is 6.30 Å². The Morgan fingerprint density at radius 3 is 2.22 bits per heavy atom. The van der Waals surface area contributed by atoms with Crippen LogP contribution >= 0.6 is 46.0 Å². The van der Waals surface area contributed by atoms with E-state index in [9.17, 15) is 13.2 Å². The third-order valence-electron chi connectivity index (χ3n) is 2.93. The highest BCUT2D eigenvalue weighted by Gasteiger charge is 2.52. The van der Waals surface area contributed by atoms with Crippen molar-refractivity contribution in [3.05, 3.63) is 0 Å². The van der Waals surface area contributed by atoms with E-state index in [0.717, 1.165) is 4.90 Å². The van der Waals surface area contributed by atoms with Gasteiger partial charge in [0, 0.05) is 26.2 Å². The van der Waals surface area contributed by atoms with Crippen LogP contribution in [0.5, 0.6) is 0 Å². The molecule has 0 N–H and O–H groups in total.